The van der Waals surface area contributed by atoms with Crippen LogP contribution in [0.15, 0.2) is 53.2 Å². The Morgan fingerprint density at radius 1 is 1.12 bits per heavy atom. The summed E-state index contributed by atoms with van der Waals surface area (Å²) < 4.78 is 24.3. The standard InChI is InChI=1S/C18H15FN2O3/c1-23-12-7-8-16(24-2)11(9-12)10-15-18(22)21-17(20-15)13-5-3-4-6-14(13)19/h3-10H,1-2H3,(H,20,21,22)/b15-10+. The topological polar surface area (TPSA) is 59.9 Å². The van der Waals surface area contributed by atoms with Crippen LogP contribution in [0.1, 0.15) is 11.1 Å². The number of carbonyl (C=O) groups is 1. The van der Waals surface area contributed by atoms with Crippen LogP contribution in [0.2, 0.25) is 0 Å². The number of amidine groups is 1. The number of hydrogen-bond donors (Lipinski definition) is 1. The van der Waals surface area contributed by atoms with Gasteiger partial charge in [-0.05, 0) is 36.4 Å². The third-order valence-corrected chi connectivity index (χ3v) is 3.55. The zero-order valence-electron chi connectivity index (χ0n) is 13.2. The maximum absolute atomic E-state index is 13.9. The van der Waals surface area contributed by atoms with E-state index in [9.17, 15) is 9.18 Å². The van der Waals surface area contributed by atoms with E-state index in [-0.39, 0.29) is 17.1 Å². The number of rotatable bonds is 4. The van der Waals surface area contributed by atoms with Gasteiger partial charge >= 0.3 is 0 Å². The van der Waals surface area contributed by atoms with Crippen molar-refractivity contribution >= 4 is 17.8 Å². The molecular formula is C18H15FN2O3. The highest BCUT2D eigenvalue weighted by atomic mass is 19.1. The summed E-state index contributed by atoms with van der Waals surface area (Å²) in [7, 11) is 3.09. The van der Waals surface area contributed by atoms with Crippen LogP contribution < -0.4 is 14.8 Å². The molecule has 5 nitrogen and oxygen atoms in total. The van der Waals surface area contributed by atoms with Crippen LogP contribution in [-0.2, 0) is 4.79 Å². The number of nitrogens with one attached hydrogen (secondary N) is 1. The Bertz CT molecular complexity index is 859. The van der Waals surface area contributed by atoms with Crippen LogP contribution in [0.4, 0.5) is 4.39 Å². The first-order valence-corrected chi connectivity index (χ1v) is 7.21. The lowest BCUT2D eigenvalue weighted by atomic mass is 10.1. The molecule has 0 aliphatic carbocycles. The summed E-state index contributed by atoms with van der Waals surface area (Å²) in [6, 6.07) is 11.4. The molecule has 3 rings (SSSR count). The number of amides is 1. The van der Waals surface area contributed by atoms with Crippen molar-refractivity contribution in [3.63, 3.8) is 0 Å². The molecule has 1 N–H and O–H groups in total. The van der Waals surface area contributed by atoms with Crippen molar-refractivity contribution in [3.05, 3.63) is 65.1 Å². The van der Waals surface area contributed by atoms with Crippen molar-refractivity contribution in [1.29, 1.82) is 0 Å². The van der Waals surface area contributed by atoms with Gasteiger partial charge in [0, 0.05) is 5.56 Å². The van der Waals surface area contributed by atoms with Gasteiger partial charge in [-0.1, -0.05) is 12.1 Å². The molecule has 6 heteroatoms. The minimum atomic E-state index is -0.447. The van der Waals surface area contributed by atoms with Gasteiger partial charge in [-0.3, -0.25) is 4.79 Å². The molecule has 0 aromatic heterocycles. The summed E-state index contributed by atoms with van der Waals surface area (Å²) in [4.78, 5) is 16.3. The summed E-state index contributed by atoms with van der Waals surface area (Å²) in [6.07, 6.45) is 1.57. The van der Waals surface area contributed by atoms with E-state index in [1.807, 2.05) is 0 Å². The molecule has 24 heavy (non-hydrogen) atoms. The molecule has 2 aromatic rings. The number of nitrogens with zero attached hydrogens (tertiary/aromatic N) is 1. The fourth-order valence-corrected chi connectivity index (χ4v) is 2.35. The van der Waals surface area contributed by atoms with Crippen LogP contribution >= 0.6 is 0 Å². The Kier molecular flexibility index (Phi) is 4.29. The van der Waals surface area contributed by atoms with Crippen LogP contribution in [0.5, 0.6) is 11.5 Å². The SMILES string of the molecule is COc1ccc(OC)c(/C=C2/N=C(c3ccccc3F)NC2=O)c1. The molecule has 0 saturated carbocycles. The highest BCUT2D eigenvalue weighted by molar-refractivity contribution is 6.19. The van der Waals surface area contributed by atoms with Crippen molar-refractivity contribution in [2.24, 2.45) is 4.99 Å². The molecule has 2 aromatic carbocycles. The number of ether oxygens (including phenoxy) is 2. The van der Waals surface area contributed by atoms with E-state index in [2.05, 4.69) is 10.3 Å². The van der Waals surface area contributed by atoms with E-state index in [0.29, 0.717) is 17.1 Å². The smallest absolute Gasteiger partial charge is 0.275 e. The summed E-state index contributed by atoms with van der Waals surface area (Å²) in [5, 5.41) is 2.58. The summed E-state index contributed by atoms with van der Waals surface area (Å²) in [5.41, 5.74) is 1.05. The molecule has 0 saturated heterocycles. The lowest BCUT2D eigenvalue weighted by Crippen LogP contribution is -2.25. The van der Waals surface area contributed by atoms with Gasteiger partial charge in [0.05, 0.1) is 19.8 Å². The second kappa shape index (κ2) is 6.54. The van der Waals surface area contributed by atoms with Crippen molar-refractivity contribution in [2.75, 3.05) is 14.2 Å². The van der Waals surface area contributed by atoms with E-state index in [1.54, 1.807) is 49.6 Å². The molecule has 0 unspecified atom stereocenters. The molecule has 1 heterocycles. The van der Waals surface area contributed by atoms with Gasteiger partial charge in [0.1, 0.15) is 28.8 Å². The minimum absolute atomic E-state index is 0.166. The number of hydrogen-bond acceptors (Lipinski definition) is 4. The zero-order valence-corrected chi connectivity index (χ0v) is 13.2. The van der Waals surface area contributed by atoms with Gasteiger partial charge in [-0.2, -0.15) is 0 Å². The summed E-state index contributed by atoms with van der Waals surface area (Å²) in [5.74, 6) is 0.533. The average Bonchev–Trinajstić information content (AvgIpc) is 2.95. The Balaban J connectivity index is 2.02. The third-order valence-electron chi connectivity index (χ3n) is 3.55. The van der Waals surface area contributed by atoms with E-state index < -0.39 is 11.7 Å². The van der Waals surface area contributed by atoms with Crippen LogP contribution in [0.3, 0.4) is 0 Å². The van der Waals surface area contributed by atoms with Gasteiger partial charge in [-0.25, -0.2) is 9.38 Å². The first kappa shape index (κ1) is 15.7. The lowest BCUT2D eigenvalue weighted by molar-refractivity contribution is -0.115. The quantitative estimate of drug-likeness (QED) is 0.879. The predicted molar refractivity (Wildman–Crippen MR) is 88.6 cm³/mol. The maximum atomic E-state index is 13.9. The molecule has 122 valence electrons. The van der Waals surface area contributed by atoms with Gasteiger partial charge < -0.3 is 14.8 Å². The van der Waals surface area contributed by atoms with Crippen molar-refractivity contribution in [2.45, 2.75) is 0 Å². The van der Waals surface area contributed by atoms with E-state index in [0.717, 1.165) is 0 Å². The molecule has 1 amide bonds. The van der Waals surface area contributed by atoms with Crippen molar-refractivity contribution in [1.82, 2.24) is 5.32 Å². The molecule has 0 spiro atoms. The minimum Gasteiger partial charge on any atom is -0.497 e. The summed E-state index contributed by atoms with van der Waals surface area (Å²) in [6.45, 7) is 0. The number of methoxy groups -OCH3 is 2. The number of aliphatic imine (C=N–C) groups is 1. The van der Waals surface area contributed by atoms with E-state index in [1.165, 1.54) is 13.2 Å². The van der Waals surface area contributed by atoms with Crippen LogP contribution in [0.25, 0.3) is 6.08 Å². The fourth-order valence-electron chi connectivity index (χ4n) is 2.35. The first-order valence-electron chi connectivity index (χ1n) is 7.21. The van der Waals surface area contributed by atoms with Gasteiger partial charge in [0.25, 0.3) is 5.91 Å². The van der Waals surface area contributed by atoms with Crippen LogP contribution in [0, 0.1) is 5.82 Å². The molecular weight excluding hydrogens is 311 g/mol. The monoisotopic (exact) mass is 326 g/mol. The van der Waals surface area contributed by atoms with Crippen molar-refractivity contribution < 1.29 is 18.7 Å². The zero-order chi connectivity index (χ0) is 17.1. The van der Waals surface area contributed by atoms with E-state index in [4.69, 9.17) is 9.47 Å². The highest BCUT2D eigenvalue weighted by Gasteiger charge is 2.23. The Morgan fingerprint density at radius 2 is 1.92 bits per heavy atom. The van der Waals surface area contributed by atoms with Crippen LogP contribution in [-0.4, -0.2) is 26.0 Å². The van der Waals surface area contributed by atoms with E-state index >= 15 is 0 Å². The highest BCUT2D eigenvalue weighted by Crippen LogP contribution is 2.27. The second-order valence-corrected chi connectivity index (χ2v) is 5.03. The lowest BCUT2D eigenvalue weighted by Gasteiger charge is -2.07. The average molecular weight is 326 g/mol. The molecule has 0 bridgehead atoms. The maximum Gasteiger partial charge on any atom is 0.275 e. The molecule has 0 radical (unpaired) electrons. The summed E-state index contributed by atoms with van der Waals surface area (Å²) >= 11 is 0. The third kappa shape index (κ3) is 2.99. The molecule has 1 aliphatic rings. The Labute approximate surface area is 138 Å². The second-order valence-electron chi connectivity index (χ2n) is 5.03. The largest absolute Gasteiger partial charge is 0.497 e. The first-order chi connectivity index (χ1) is 11.6. The van der Waals surface area contributed by atoms with Gasteiger partial charge in [0.2, 0.25) is 0 Å². The molecule has 0 fully saturated rings. The van der Waals surface area contributed by atoms with Gasteiger partial charge in [0.15, 0.2) is 0 Å². The fraction of sp³-hybridized carbons (Fsp3) is 0.111. The number of carbonyl (C=O) groups excluding carboxylic acids is 1. The number of benzene rings is 2. The number of halogens is 1. The normalized spacial score (nSPS) is 15.2. The molecule has 0 atom stereocenters. The predicted octanol–water partition coefficient (Wildman–Crippen LogP) is 2.76. The Morgan fingerprint density at radius 3 is 2.62 bits per heavy atom. The molecule has 1 aliphatic heterocycles. The van der Waals surface area contributed by atoms with Gasteiger partial charge in [-0.15, -0.1) is 0 Å². The Hall–Kier alpha value is -3.15. The van der Waals surface area contributed by atoms with Crippen molar-refractivity contribution in [3.8, 4) is 11.5 Å².